The Morgan fingerprint density at radius 2 is 2.19 bits per heavy atom. The van der Waals surface area contributed by atoms with Crippen LogP contribution >= 0.6 is 0 Å². The number of carbonyl (C=O) groups excluding carboxylic acids is 1. The smallest absolute Gasteiger partial charge is 0.271 e. The van der Waals surface area contributed by atoms with Gasteiger partial charge in [0.15, 0.2) is 0 Å². The van der Waals surface area contributed by atoms with Crippen LogP contribution in [0.5, 0.6) is 0 Å². The summed E-state index contributed by atoms with van der Waals surface area (Å²) in [5.74, 6) is -0.108. The summed E-state index contributed by atoms with van der Waals surface area (Å²) in [7, 11) is 0. The van der Waals surface area contributed by atoms with Crippen LogP contribution in [0.1, 0.15) is 43.4 Å². The molecule has 2 heterocycles. The lowest BCUT2D eigenvalue weighted by molar-refractivity contribution is -0.0672. The van der Waals surface area contributed by atoms with Gasteiger partial charge in [-0.1, -0.05) is 13.3 Å². The van der Waals surface area contributed by atoms with Gasteiger partial charge in [-0.25, -0.2) is 0 Å². The molecule has 0 radical (unpaired) electrons. The molecule has 0 aromatic carbocycles. The monoisotopic (exact) mass is 294 g/mol. The van der Waals surface area contributed by atoms with E-state index in [2.05, 4.69) is 41.2 Å². The molecule has 1 fully saturated rings. The van der Waals surface area contributed by atoms with Gasteiger partial charge in [0.1, 0.15) is 5.69 Å². The second-order valence-corrected chi connectivity index (χ2v) is 5.80. The second-order valence-electron chi connectivity index (χ2n) is 5.80. The highest BCUT2D eigenvalue weighted by atomic mass is 16.5. The molecule has 1 saturated heterocycles. The van der Waals surface area contributed by atoms with Gasteiger partial charge >= 0.3 is 0 Å². The number of ether oxygens (including phenoxy) is 1. The Bertz CT molecular complexity index is 450. The first kappa shape index (κ1) is 16.0. The standard InChI is InChI=1S/C15H26N4O2/c1-4-5-13-8-14(18-17-13)15(20)16-6-7-19-9-11(2)21-12(3)10-19/h8,11-12H,4-7,9-10H2,1-3H3,(H,16,20)(H,17,18). The summed E-state index contributed by atoms with van der Waals surface area (Å²) in [6.45, 7) is 9.59. The summed E-state index contributed by atoms with van der Waals surface area (Å²) in [6.07, 6.45) is 2.47. The molecular formula is C15H26N4O2. The Labute approximate surface area is 126 Å². The van der Waals surface area contributed by atoms with Crippen LogP contribution in [0.15, 0.2) is 6.07 Å². The minimum atomic E-state index is -0.108. The van der Waals surface area contributed by atoms with Crippen molar-refractivity contribution < 1.29 is 9.53 Å². The quantitative estimate of drug-likeness (QED) is 0.827. The van der Waals surface area contributed by atoms with E-state index < -0.39 is 0 Å². The van der Waals surface area contributed by atoms with E-state index in [1.165, 1.54) is 0 Å². The van der Waals surface area contributed by atoms with Gasteiger partial charge in [-0.15, -0.1) is 0 Å². The van der Waals surface area contributed by atoms with Crippen molar-refractivity contribution in [2.45, 2.75) is 45.8 Å². The molecule has 0 bridgehead atoms. The predicted octanol–water partition coefficient (Wildman–Crippen LogP) is 1.20. The van der Waals surface area contributed by atoms with Crippen molar-refractivity contribution in [3.8, 4) is 0 Å². The van der Waals surface area contributed by atoms with Gasteiger partial charge in [-0.05, 0) is 26.3 Å². The minimum absolute atomic E-state index is 0.108. The number of aromatic amines is 1. The molecule has 1 amide bonds. The van der Waals surface area contributed by atoms with Gasteiger partial charge < -0.3 is 10.1 Å². The van der Waals surface area contributed by atoms with Crippen LogP contribution < -0.4 is 5.32 Å². The van der Waals surface area contributed by atoms with Crippen molar-refractivity contribution in [1.82, 2.24) is 20.4 Å². The maximum Gasteiger partial charge on any atom is 0.271 e. The Balaban J connectivity index is 1.73. The summed E-state index contributed by atoms with van der Waals surface area (Å²) in [4.78, 5) is 14.3. The van der Waals surface area contributed by atoms with Crippen LogP contribution in [0.3, 0.4) is 0 Å². The average molecular weight is 294 g/mol. The van der Waals surface area contributed by atoms with Crippen molar-refractivity contribution in [2.75, 3.05) is 26.2 Å². The van der Waals surface area contributed by atoms with Crippen LogP contribution in [0.4, 0.5) is 0 Å². The molecule has 2 unspecified atom stereocenters. The number of aryl methyl sites for hydroxylation is 1. The molecule has 21 heavy (non-hydrogen) atoms. The molecule has 1 aromatic rings. The van der Waals surface area contributed by atoms with Crippen LogP contribution in [0.2, 0.25) is 0 Å². The van der Waals surface area contributed by atoms with Gasteiger partial charge in [0.05, 0.1) is 12.2 Å². The van der Waals surface area contributed by atoms with Crippen molar-refractivity contribution >= 4 is 5.91 Å². The van der Waals surface area contributed by atoms with E-state index in [0.717, 1.165) is 38.2 Å². The lowest BCUT2D eigenvalue weighted by Crippen LogP contribution is -2.47. The molecule has 0 saturated carbocycles. The fourth-order valence-electron chi connectivity index (χ4n) is 2.76. The Hall–Kier alpha value is -1.40. The normalized spacial score (nSPS) is 23.2. The van der Waals surface area contributed by atoms with E-state index in [-0.39, 0.29) is 18.1 Å². The highest BCUT2D eigenvalue weighted by Crippen LogP contribution is 2.09. The average Bonchev–Trinajstić information content (AvgIpc) is 2.86. The van der Waals surface area contributed by atoms with Gasteiger partial charge in [0, 0.05) is 31.9 Å². The van der Waals surface area contributed by atoms with E-state index in [1.807, 2.05) is 6.07 Å². The molecule has 0 spiro atoms. The first-order valence-electron chi connectivity index (χ1n) is 7.78. The zero-order chi connectivity index (χ0) is 15.2. The van der Waals surface area contributed by atoms with E-state index in [0.29, 0.717) is 12.2 Å². The molecule has 2 rings (SSSR count). The SMILES string of the molecule is CCCc1cc(C(=O)NCCN2CC(C)OC(C)C2)n[nH]1. The van der Waals surface area contributed by atoms with Crippen LogP contribution in [0, 0.1) is 0 Å². The molecule has 118 valence electrons. The Kier molecular flexibility index (Phi) is 5.76. The molecule has 1 aliphatic rings. The van der Waals surface area contributed by atoms with Gasteiger partial charge in [-0.2, -0.15) is 5.10 Å². The first-order valence-corrected chi connectivity index (χ1v) is 7.78. The molecule has 6 heteroatoms. The fourth-order valence-corrected chi connectivity index (χ4v) is 2.76. The van der Waals surface area contributed by atoms with Gasteiger partial charge in [0.2, 0.25) is 0 Å². The Morgan fingerprint density at radius 1 is 1.48 bits per heavy atom. The lowest BCUT2D eigenvalue weighted by atomic mass is 10.2. The van der Waals surface area contributed by atoms with Crippen molar-refractivity contribution in [3.63, 3.8) is 0 Å². The highest BCUT2D eigenvalue weighted by molar-refractivity contribution is 5.92. The summed E-state index contributed by atoms with van der Waals surface area (Å²) >= 11 is 0. The third kappa shape index (κ3) is 4.82. The van der Waals surface area contributed by atoms with Crippen molar-refractivity contribution in [3.05, 3.63) is 17.5 Å². The van der Waals surface area contributed by atoms with E-state index in [4.69, 9.17) is 4.74 Å². The third-order valence-electron chi connectivity index (χ3n) is 3.59. The summed E-state index contributed by atoms with van der Waals surface area (Å²) in [6, 6.07) is 1.83. The number of morpholine rings is 1. The number of H-pyrrole nitrogens is 1. The Morgan fingerprint density at radius 3 is 2.86 bits per heavy atom. The number of rotatable bonds is 6. The summed E-state index contributed by atoms with van der Waals surface area (Å²) in [5, 5.41) is 9.88. The molecular weight excluding hydrogens is 268 g/mol. The largest absolute Gasteiger partial charge is 0.373 e. The maximum atomic E-state index is 12.0. The fraction of sp³-hybridized carbons (Fsp3) is 0.733. The number of carbonyl (C=O) groups is 1. The third-order valence-corrected chi connectivity index (χ3v) is 3.59. The highest BCUT2D eigenvalue weighted by Gasteiger charge is 2.21. The number of nitrogens with one attached hydrogen (secondary N) is 2. The van der Waals surface area contributed by atoms with Gasteiger partial charge in [0.25, 0.3) is 5.91 Å². The number of hydrogen-bond acceptors (Lipinski definition) is 4. The first-order chi connectivity index (χ1) is 10.1. The van der Waals surface area contributed by atoms with Gasteiger partial charge in [-0.3, -0.25) is 14.8 Å². The van der Waals surface area contributed by atoms with Crippen molar-refractivity contribution in [1.29, 1.82) is 0 Å². The minimum Gasteiger partial charge on any atom is -0.373 e. The lowest BCUT2D eigenvalue weighted by Gasteiger charge is -2.35. The topological polar surface area (TPSA) is 70.2 Å². The number of aromatic nitrogens is 2. The summed E-state index contributed by atoms with van der Waals surface area (Å²) < 4.78 is 5.70. The second kappa shape index (κ2) is 7.56. The summed E-state index contributed by atoms with van der Waals surface area (Å²) in [5.41, 5.74) is 1.49. The van der Waals surface area contributed by atoms with Crippen molar-refractivity contribution in [2.24, 2.45) is 0 Å². The van der Waals surface area contributed by atoms with Crippen LogP contribution in [0.25, 0.3) is 0 Å². The van der Waals surface area contributed by atoms with E-state index in [1.54, 1.807) is 0 Å². The van der Waals surface area contributed by atoms with Crippen LogP contribution in [-0.4, -0.2) is 59.4 Å². The molecule has 6 nitrogen and oxygen atoms in total. The van der Waals surface area contributed by atoms with E-state index >= 15 is 0 Å². The molecule has 0 aliphatic carbocycles. The number of nitrogens with zero attached hydrogens (tertiary/aromatic N) is 2. The number of amides is 1. The zero-order valence-electron chi connectivity index (χ0n) is 13.2. The maximum absolute atomic E-state index is 12.0. The van der Waals surface area contributed by atoms with Crippen LogP contribution in [-0.2, 0) is 11.2 Å². The number of hydrogen-bond donors (Lipinski definition) is 2. The molecule has 1 aliphatic heterocycles. The zero-order valence-corrected chi connectivity index (χ0v) is 13.2. The predicted molar refractivity (Wildman–Crippen MR) is 81.4 cm³/mol. The molecule has 1 aromatic heterocycles. The molecule has 2 atom stereocenters. The van der Waals surface area contributed by atoms with E-state index in [9.17, 15) is 4.79 Å². The molecule has 2 N–H and O–H groups in total.